The maximum atomic E-state index is 12.9. The first-order valence-electron chi connectivity index (χ1n) is 9.94. The van der Waals surface area contributed by atoms with Gasteiger partial charge in [0.2, 0.25) is 5.91 Å². The monoisotopic (exact) mass is 407 g/mol. The quantitative estimate of drug-likeness (QED) is 0.493. The summed E-state index contributed by atoms with van der Waals surface area (Å²) in [6, 6.07) is 15.5. The van der Waals surface area contributed by atoms with Gasteiger partial charge >= 0.3 is 5.76 Å². The minimum Gasteiger partial charge on any atom is -0.408 e. The van der Waals surface area contributed by atoms with E-state index in [1.165, 1.54) is 0 Å². The average Bonchev–Trinajstić information content (AvgIpc) is 3.44. The molecule has 6 nitrogen and oxygen atoms in total. The Morgan fingerprint density at radius 3 is 2.90 bits per heavy atom. The van der Waals surface area contributed by atoms with Crippen LogP contribution in [0.25, 0.3) is 21.3 Å². The van der Waals surface area contributed by atoms with Gasteiger partial charge in [0, 0.05) is 19.5 Å². The van der Waals surface area contributed by atoms with Crippen LogP contribution in [0.3, 0.4) is 0 Å². The number of fused-ring (bicyclic) bond motifs is 2. The number of rotatable bonds is 5. The summed E-state index contributed by atoms with van der Waals surface area (Å²) in [5.74, 6) is -0.236. The van der Waals surface area contributed by atoms with Crippen LogP contribution in [0.15, 0.2) is 57.7 Å². The van der Waals surface area contributed by atoms with Crippen molar-refractivity contribution in [3.8, 4) is 0 Å². The lowest BCUT2D eigenvalue weighted by atomic mass is 10.2. The fourth-order valence-electron chi connectivity index (χ4n) is 4.11. The molecule has 0 bridgehead atoms. The highest BCUT2D eigenvalue weighted by atomic mass is 32.1. The molecular formula is C22H21N3O3S. The highest BCUT2D eigenvalue weighted by molar-refractivity contribution is 7.18. The molecule has 29 heavy (non-hydrogen) atoms. The van der Waals surface area contributed by atoms with Crippen LogP contribution < -0.4 is 5.76 Å². The van der Waals surface area contributed by atoms with Crippen LogP contribution in [0.5, 0.6) is 0 Å². The van der Waals surface area contributed by atoms with Crippen LogP contribution in [0.1, 0.15) is 36.7 Å². The Morgan fingerprint density at radius 1 is 1.17 bits per heavy atom. The molecule has 1 saturated heterocycles. The zero-order chi connectivity index (χ0) is 19.8. The van der Waals surface area contributed by atoms with E-state index < -0.39 is 0 Å². The van der Waals surface area contributed by atoms with E-state index in [1.807, 2.05) is 41.3 Å². The molecule has 0 N–H and O–H groups in total. The Labute approximate surface area is 171 Å². The lowest BCUT2D eigenvalue weighted by Gasteiger charge is -2.23. The molecule has 0 spiro atoms. The molecule has 2 aromatic heterocycles. The van der Waals surface area contributed by atoms with Crippen molar-refractivity contribution in [3.05, 3.63) is 64.1 Å². The van der Waals surface area contributed by atoms with E-state index >= 15 is 0 Å². The van der Waals surface area contributed by atoms with Gasteiger partial charge in [-0.25, -0.2) is 9.78 Å². The molecular weight excluding hydrogens is 386 g/mol. The summed E-state index contributed by atoms with van der Waals surface area (Å²) in [7, 11) is 0. The van der Waals surface area contributed by atoms with Crippen LogP contribution in [0.4, 0.5) is 0 Å². The maximum absolute atomic E-state index is 12.9. The van der Waals surface area contributed by atoms with Crippen molar-refractivity contribution in [1.29, 1.82) is 0 Å². The number of benzene rings is 2. The standard InChI is InChI=1S/C22H21N3O3S/c26-20(12-6-14-25-16-8-2-3-10-18(16)28-22(25)27)24-13-5-9-17(24)21-23-15-7-1-4-11-19(15)29-21/h1-4,7-8,10-11,17H,5-6,9,12-14H2/t17-/m0/s1. The van der Waals surface area contributed by atoms with E-state index in [-0.39, 0.29) is 17.7 Å². The smallest absolute Gasteiger partial charge is 0.408 e. The van der Waals surface area contributed by atoms with Gasteiger partial charge in [-0.2, -0.15) is 0 Å². The Kier molecular flexibility index (Phi) is 4.67. The van der Waals surface area contributed by atoms with Crippen LogP contribution >= 0.6 is 11.3 Å². The number of carbonyl (C=O) groups is 1. The van der Waals surface area contributed by atoms with Crippen molar-refractivity contribution in [2.45, 2.75) is 38.3 Å². The molecule has 4 aromatic rings. The molecule has 0 aliphatic carbocycles. The summed E-state index contributed by atoms with van der Waals surface area (Å²) in [5, 5.41) is 1.02. The summed E-state index contributed by atoms with van der Waals surface area (Å²) in [6.07, 6.45) is 2.97. The molecule has 1 atom stereocenters. The molecule has 2 aromatic carbocycles. The van der Waals surface area contributed by atoms with Crippen LogP contribution in [0.2, 0.25) is 0 Å². The second-order valence-electron chi connectivity index (χ2n) is 7.36. The topological polar surface area (TPSA) is 68.3 Å². The summed E-state index contributed by atoms with van der Waals surface area (Å²) < 4.78 is 8.03. The number of amides is 1. The van der Waals surface area contributed by atoms with E-state index in [1.54, 1.807) is 22.0 Å². The first-order chi connectivity index (χ1) is 14.2. The molecule has 1 fully saturated rings. The van der Waals surface area contributed by atoms with Gasteiger partial charge in [-0.15, -0.1) is 11.3 Å². The number of thiazole rings is 1. The first kappa shape index (κ1) is 18.1. The van der Waals surface area contributed by atoms with Crippen molar-refractivity contribution in [3.63, 3.8) is 0 Å². The fraction of sp³-hybridized carbons (Fsp3) is 0.318. The number of aryl methyl sites for hydroxylation is 1. The molecule has 0 unspecified atom stereocenters. The summed E-state index contributed by atoms with van der Waals surface area (Å²) >= 11 is 1.68. The Balaban J connectivity index is 1.27. The largest absolute Gasteiger partial charge is 0.419 e. The molecule has 1 aliphatic rings. The summed E-state index contributed by atoms with van der Waals surface area (Å²) in [5.41, 5.74) is 2.36. The third-order valence-electron chi connectivity index (χ3n) is 5.51. The molecule has 3 heterocycles. The van der Waals surface area contributed by atoms with E-state index in [4.69, 9.17) is 9.40 Å². The van der Waals surface area contributed by atoms with Crippen molar-refractivity contribution >= 4 is 38.6 Å². The fourth-order valence-corrected chi connectivity index (χ4v) is 5.23. The maximum Gasteiger partial charge on any atom is 0.419 e. The summed E-state index contributed by atoms with van der Waals surface area (Å²) in [6.45, 7) is 1.25. The lowest BCUT2D eigenvalue weighted by Crippen LogP contribution is -2.30. The van der Waals surface area contributed by atoms with E-state index in [0.29, 0.717) is 25.0 Å². The van der Waals surface area contributed by atoms with Gasteiger partial charge in [-0.1, -0.05) is 24.3 Å². The van der Waals surface area contributed by atoms with Gasteiger partial charge in [0.05, 0.1) is 21.8 Å². The van der Waals surface area contributed by atoms with Crippen molar-refractivity contribution in [2.75, 3.05) is 6.54 Å². The number of hydrogen-bond acceptors (Lipinski definition) is 5. The van der Waals surface area contributed by atoms with Gasteiger partial charge in [0.25, 0.3) is 0 Å². The minimum atomic E-state index is -0.368. The Hall–Kier alpha value is -2.93. The third kappa shape index (κ3) is 3.35. The zero-order valence-electron chi connectivity index (χ0n) is 15.9. The first-order valence-corrected chi connectivity index (χ1v) is 10.8. The van der Waals surface area contributed by atoms with E-state index in [0.717, 1.165) is 40.1 Å². The molecule has 0 saturated carbocycles. The van der Waals surface area contributed by atoms with Crippen molar-refractivity contribution in [1.82, 2.24) is 14.5 Å². The minimum absolute atomic E-state index is 0.0670. The zero-order valence-corrected chi connectivity index (χ0v) is 16.7. The number of likely N-dealkylation sites (tertiary alicyclic amines) is 1. The number of para-hydroxylation sites is 3. The molecule has 1 amide bonds. The second kappa shape index (κ2) is 7.48. The number of aromatic nitrogens is 2. The third-order valence-corrected chi connectivity index (χ3v) is 6.65. The number of hydrogen-bond donors (Lipinski definition) is 0. The molecule has 1 aliphatic heterocycles. The second-order valence-corrected chi connectivity index (χ2v) is 8.42. The van der Waals surface area contributed by atoms with Gasteiger partial charge in [-0.05, 0) is 43.5 Å². The molecule has 5 rings (SSSR count). The van der Waals surface area contributed by atoms with Gasteiger partial charge < -0.3 is 9.32 Å². The lowest BCUT2D eigenvalue weighted by molar-refractivity contribution is -0.132. The van der Waals surface area contributed by atoms with Crippen molar-refractivity contribution in [2.24, 2.45) is 0 Å². The SMILES string of the molecule is O=C(CCCn1c(=O)oc2ccccc21)N1CCC[C@H]1c1nc2ccccc2s1. The van der Waals surface area contributed by atoms with Gasteiger partial charge in [-0.3, -0.25) is 9.36 Å². The van der Waals surface area contributed by atoms with E-state index in [2.05, 4.69) is 6.07 Å². The average molecular weight is 407 g/mol. The predicted molar refractivity (Wildman–Crippen MR) is 113 cm³/mol. The van der Waals surface area contributed by atoms with Crippen molar-refractivity contribution < 1.29 is 9.21 Å². The molecule has 7 heteroatoms. The summed E-state index contributed by atoms with van der Waals surface area (Å²) in [4.78, 5) is 31.7. The van der Waals surface area contributed by atoms with Gasteiger partial charge in [0.15, 0.2) is 5.58 Å². The highest BCUT2D eigenvalue weighted by Gasteiger charge is 2.31. The highest BCUT2D eigenvalue weighted by Crippen LogP contribution is 2.36. The Morgan fingerprint density at radius 2 is 2.00 bits per heavy atom. The number of nitrogens with zero attached hydrogens (tertiary/aromatic N) is 3. The molecule has 148 valence electrons. The van der Waals surface area contributed by atoms with Crippen LogP contribution in [0, 0.1) is 0 Å². The molecule has 0 radical (unpaired) electrons. The van der Waals surface area contributed by atoms with Gasteiger partial charge in [0.1, 0.15) is 5.01 Å². The number of carbonyl (C=O) groups excluding carboxylic acids is 1. The van der Waals surface area contributed by atoms with E-state index in [9.17, 15) is 9.59 Å². The normalized spacial score (nSPS) is 16.8. The number of oxazole rings is 1. The van der Waals surface area contributed by atoms with Crippen LogP contribution in [-0.2, 0) is 11.3 Å². The Bertz CT molecular complexity index is 1210. The van der Waals surface area contributed by atoms with Crippen LogP contribution in [-0.4, -0.2) is 26.9 Å². The predicted octanol–water partition coefficient (Wildman–Crippen LogP) is 4.35.